The number of ether oxygens (including phenoxy) is 1. The van der Waals surface area contributed by atoms with E-state index in [-0.39, 0.29) is 12.5 Å². The van der Waals surface area contributed by atoms with Crippen LogP contribution in [0.1, 0.15) is 15.9 Å². The van der Waals surface area contributed by atoms with Crippen molar-refractivity contribution in [2.75, 3.05) is 20.3 Å². The van der Waals surface area contributed by atoms with E-state index >= 15 is 0 Å². The van der Waals surface area contributed by atoms with Gasteiger partial charge in [-0.1, -0.05) is 24.3 Å². The number of para-hydroxylation sites is 2. The number of hydrogen-bond donors (Lipinski definition) is 1. The average molecular weight is 367 g/mol. The maximum absolute atomic E-state index is 12.5. The molecule has 0 radical (unpaired) electrons. The second kappa shape index (κ2) is 8.01. The van der Waals surface area contributed by atoms with E-state index in [1.807, 2.05) is 18.2 Å². The molecule has 1 N–H and O–H groups in total. The Morgan fingerprint density at radius 1 is 1.00 bits per heavy atom. The number of nitrogens with one attached hydrogen (secondary N) is 1. The number of aryl methyl sites for hydroxylation is 1. The minimum absolute atomic E-state index is 0.185. The number of methoxy groups -OCH3 is 1. The van der Waals surface area contributed by atoms with Crippen molar-refractivity contribution in [2.45, 2.75) is 6.54 Å². The number of amides is 1. The number of rotatable bonds is 6. The number of benzene rings is 2. The van der Waals surface area contributed by atoms with Crippen LogP contribution in [-0.4, -0.2) is 35.3 Å². The molecule has 0 bridgehead atoms. The van der Waals surface area contributed by atoms with Gasteiger partial charge in [-0.2, -0.15) is 0 Å². The molecule has 2 aromatic carbocycles. The summed E-state index contributed by atoms with van der Waals surface area (Å²) in [7, 11) is 3.16. The van der Waals surface area contributed by atoms with Crippen LogP contribution in [0.25, 0.3) is 11.0 Å². The van der Waals surface area contributed by atoms with Crippen LogP contribution in [0, 0.1) is 0 Å². The molecule has 140 valence electrons. The first kappa shape index (κ1) is 18.6. The molecule has 3 aromatic rings. The van der Waals surface area contributed by atoms with Gasteiger partial charge in [0, 0.05) is 26.3 Å². The monoisotopic (exact) mass is 367 g/mol. The molecule has 0 aliphatic rings. The highest BCUT2D eigenvalue weighted by Gasteiger charge is 2.11. The second-order valence-corrected chi connectivity index (χ2v) is 6.19. The molecule has 0 saturated heterocycles. The van der Waals surface area contributed by atoms with Crippen LogP contribution in [0.2, 0.25) is 0 Å². The molecular weight excluding hydrogens is 346 g/mol. The lowest BCUT2D eigenvalue weighted by Gasteiger charge is -2.13. The van der Waals surface area contributed by atoms with Crippen molar-refractivity contribution >= 4 is 16.9 Å². The normalized spacial score (nSPS) is 10.9. The quantitative estimate of drug-likeness (QED) is 0.523. The summed E-state index contributed by atoms with van der Waals surface area (Å²) in [5.41, 5.74) is 1.59. The SMILES string of the molecule is COCCNC(=O)c1ccc(Cn2c(=O)c(=O)n(C)c3ccccc32)cc1. The molecular formula is C20H21N3O4. The molecule has 7 nitrogen and oxygen atoms in total. The summed E-state index contributed by atoms with van der Waals surface area (Å²) in [5.74, 6) is -0.185. The van der Waals surface area contributed by atoms with E-state index in [0.29, 0.717) is 29.7 Å². The van der Waals surface area contributed by atoms with Crippen molar-refractivity contribution in [3.05, 3.63) is 80.4 Å². The predicted molar refractivity (Wildman–Crippen MR) is 103 cm³/mol. The van der Waals surface area contributed by atoms with Crippen LogP contribution in [-0.2, 0) is 18.3 Å². The van der Waals surface area contributed by atoms with Crippen LogP contribution >= 0.6 is 0 Å². The largest absolute Gasteiger partial charge is 0.383 e. The smallest absolute Gasteiger partial charge is 0.317 e. The van der Waals surface area contributed by atoms with Crippen molar-refractivity contribution in [3.8, 4) is 0 Å². The highest BCUT2D eigenvalue weighted by atomic mass is 16.5. The van der Waals surface area contributed by atoms with Gasteiger partial charge in [0.2, 0.25) is 0 Å². The van der Waals surface area contributed by atoms with E-state index in [0.717, 1.165) is 5.56 Å². The molecule has 3 rings (SSSR count). The molecule has 0 aliphatic heterocycles. The van der Waals surface area contributed by atoms with E-state index in [2.05, 4.69) is 5.32 Å². The lowest BCUT2D eigenvalue weighted by Crippen LogP contribution is -2.40. The minimum atomic E-state index is -0.572. The zero-order chi connectivity index (χ0) is 19.4. The third kappa shape index (κ3) is 3.83. The van der Waals surface area contributed by atoms with E-state index in [1.165, 1.54) is 9.13 Å². The Labute approximate surface area is 155 Å². The molecule has 0 fully saturated rings. The third-order valence-corrected chi connectivity index (χ3v) is 4.42. The molecule has 1 heterocycles. The first-order chi connectivity index (χ1) is 13.0. The van der Waals surface area contributed by atoms with Gasteiger partial charge in [0.1, 0.15) is 0 Å². The molecule has 1 aromatic heterocycles. The minimum Gasteiger partial charge on any atom is -0.383 e. The van der Waals surface area contributed by atoms with Gasteiger partial charge in [-0.25, -0.2) is 0 Å². The molecule has 0 spiro atoms. The zero-order valence-electron chi connectivity index (χ0n) is 15.3. The van der Waals surface area contributed by atoms with Gasteiger partial charge in [-0.05, 0) is 29.8 Å². The van der Waals surface area contributed by atoms with Gasteiger partial charge < -0.3 is 14.6 Å². The number of fused-ring (bicyclic) bond motifs is 1. The summed E-state index contributed by atoms with van der Waals surface area (Å²) < 4.78 is 7.73. The van der Waals surface area contributed by atoms with Gasteiger partial charge in [0.15, 0.2) is 0 Å². The highest BCUT2D eigenvalue weighted by Crippen LogP contribution is 2.12. The van der Waals surface area contributed by atoms with E-state index in [4.69, 9.17) is 4.74 Å². The van der Waals surface area contributed by atoms with Gasteiger partial charge >= 0.3 is 11.1 Å². The Hall–Kier alpha value is -3.19. The Morgan fingerprint density at radius 3 is 2.33 bits per heavy atom. The Morgan fingerprint density at radius 2 is 1.67 bits per heavy atom. The van der Waals surface area contributed by atoms with Crippen LogP contribution in [0.5, 0.6) is 0 Å². The number of hydrogen-bond acceptors (Lipinski definition) is 4. The summed E-state index contributed by atoms with van der Waals surface area (Å²) in [4.78, 5) is 36.7. The maximum Gasteiger partial charge on any atom is 0.317 e. The first-order valence-corrected chi connectivity index (χ1v) is 8.57. The number of nitrogens with zero attached hydrogens (tertiary/aromatic N) is 2. The molecule has 0 saturated carbocycles. The number of aromatic nitrogens is 2. The van der Waals surface area contributed by atoms with Crippen molar-refractivity contribution in [1.82, 2.24) is 14.5 Å². The fourth-order valence-electron chi connectivity index (χ4n) is 2.92. The van der Waals surface area contributed by atoms with Crippen molar-refractivity contribution in [1.29, 1.82) is 0 Å². The first-order valence-electron chi connectivity index (χ1n) is 8.57. The molecule has 0 unspecified atom stereocenters. The van der Waals surface area contributed by atoms with E-state index in [1.54, 1.807) is 44.5 Å². The fraction of sp³-hybridized carbons (Fsp3) is 0.250. The lowest BCUT2D eigenvalue weighted by atomic mass is 10.1. The van der Waals surface area contributed by atoms with Gasteiger partial charge in [-0.3, -0.25) is 19.0 Å². The average Bonchev–Trinajstić information content (AvgIpc) is 2.70. The van der Waals surface area contributed by atoms with E-state index < -0.39 is 11.1 Å². The maximum atomic E-state index is 12.5. The second-order valence-electron chi connectivity index (χ2n) is 6.19. The highest BCUT2D eigenvalue weighted by molar-refractivity contribution is 5.94. The molecule has 0 aliphatic carbocycles. The molecule has 0 atom stereocenters. The standard InChI is InChI=1S/C20H21N3O4/c1-22-16-5-3-4-6-17(16)23(20(26)19(22)25)13-14-7-9-15(10-8-14)18(24)21-11-12-27-2/h3-10H,11-13H2,1-2H3,(H,21,24). The van der Waals surface area contributed by atoms with Crippen LogP contribution in [0.4, 0.5) is 0 Å². The summed E-state index contributed by atoms with van der Waals surface area (Å²) >= 11 is 0. The van der Waals surface area contributed by atoms with Crippen LogP contribution in [0.3, 0.4) is 0 Å². The summed E-state index contributed by atoms with van der Waals surface area (Å²) in [6.07, 6.45) is 0. The van der Waals surface area contributed by atoms with Crippen molar-refractivity contribution in [3.63, 3.8) is 0 Å². The Kier molecular flexibility index (Phi) is 5.52. The third-order valence-electron chi connectivity index (χ3n) is 4.42. The fourth-order valence-corrected chi connectivity index (χ4v) is 2.92. The number of carbonyl (C=O) groups is 1. The lowest BCUT2D eigenvalue weighted by molar-refractivity contribution is 0.0937. The molecule has 1 amide bonds. The molecule has 7 heteroatoms. The van der Waals surface area contributed by atoms with Gasteiger partial charge in [0.25, 0.3) is 5.91 Å². The number of carbonyl (C=O) groups excluding carboxylic acids is 1. The van der Waals surface area contributed by atoms with Gasteiger partial charge in [0.05, 0.1) is 24.2 Å². The predicted octanol–water partition coefficient (Wildman–Crippen LogP) is 1.12. The Balaban J connectivity index is 1.89. The van der Waals surface area contributed by atoms with Gasteiger partial charge in [-0.15, -0.1) is 0 Å². The van der Waals surface area contributed by atoms with Crippen LogP contribution in [0.15, 0.2) is 58.1 Å². The summed E-state index contributed by atoms with van der Waals surface area (Å²) in [6, 6.07) is 14.2. The van der Waals surface area contributed by atoms with Crippen molar-refractivity contribution < 1.29 is 9.53 Å². The van der Waals surface area contributed by atoms with Crippen LogP contribution < -0.4 is 16.4 Å². The Bertz CT molecular complexity index is 1080. The van der Waals surface area contributed by atoms with E-state index in [9.17, 15) is 14.4 Å². The molecule has 27 heavy (non-hydrogen) atoms. The topological polar surface area (TPSA) is 82.3 Å². The summed E-state index contributed by atoms with van der Waals surface area (Å²) in [6.45, 7) is 1.13. The summed E-state index contributed by atoms with van der Waals surface area (Å²) in [5, 5.41) is 2.75. The van der Waals surface area contributed by atoms with Crippen molar-refractivity contribution in [2.24, 2.45) is 7.05 Å². The zero-order valence-corrected chi connectivity index (χ0v) is 15.3.